The Morgan fingerprint density at radius 2 is 1.96 bits per heavy atom. The molecule has 0 unspecified atom stereocenters. The maximum Gasteiger partial charge on any atom is 0.255 e. The van der Waals surface area contributed by atoms with E-state index in [1.807, 2.05) is 0 Å². The molecule has 0 heterocycles. The summed E-state index contributed by atoms with van der Waals surface area (Å²) in [7, 11) is -1.93. The van der Waals surface area contributed by atoms with Crippen molar-refractivity contribution in [1.29, 1.82) is 0 Å². The molecule has 2 aromatic carbocycles. The van der Waals surface area contributed by atoms with E-state index in [1.165, 1.54) is 13.2 Å². The van der Waals surface area contributed by atoms with Crippen molar-refractivity contribution in [2.45, 2.75) is 13.3 Å². The largest absolute Gasteiger partial charge is 0.495 e. The summed E-state index contributed by atoms with van der Waals surface area (Å²) in [6.07, 6.45) is 0.504. The molecule has 0 aromatic heterocycles. The van der Waals surface area contributed by atoms with Crippen molar-refractivity contribution in [1.82, 2.24) is 0 Å². The summed E-state index contributed by atoms with van der Waals surface area (Å²) in [4.78, 5) is 12.5. The van der Waals surface area contributed by atoms with Crippen LogP contribution in [0.3, 0.4) is 0 Å². The highest BCUT2D eigenvalue weighted by molar-refractivity contribution is 7.92. The van der Waals surface area contributed by atoms with Crippen LogP contribution in [0, 0.1) is 0 Å². The van der Waals surface area contributed by atoms with Crippen LogP contribution in [0.15, 0.2) is 42.5 Å². The van der Waals surface area contributed by atoms with E-state index in [4.69, 9.17) is 16.3 Å². The number of anilines is 2. The molecule has 0 spiro atoms. The van der Waals surface area contributed by atoms with Gasteiger partial charge in [-0.15, -0.1) is 0 Å². The van der Waals surface area contributed by atoms with E-state index in [1.54, 1.807) is 43.3 Å². The van der Waals surface area contributed by atoms with Gasteiger partial charge in [0.05, 0.1) is 18.6 Å². The third-order valence-corrected chi connectivity index (χ3v) is 5.01. The fraction of sp³-hybridized carbons (Fsp3) is 0.235. The lowest BCUT2D eigenvalue weighted by Gasteiger charge is -2.12. The number of carbonyl (C=O) groups excluding carboxylic acids is 1. The molecule has 0 radical (unpaired) electrons. The van der Waals surface area contributed by atoms with E-state index in [2.05, 4.69) is 10.0 Å². The van der Waals surface area contributed by atoms with Crippen molar-refractivity contribution in [2.75, 3.05) is 22.9 Å². The van der Waals surface area contributed by atoms with Gasteiger partial charge in [0.25, 0.3) is 5.91 Å². The normalized spacial score (nSPS) is 11.0. The first-order valence-corrected chi connectivity index (χ1v) is 9.63. The molecular weight excluding hydrogens is 364 g/mol. The van der Waals surface area contributed by atoms with E-state index in [0.717, 1.165) is 0 Å². The van der Waals surface area contributed by atoms with Gasteiger partial charge in [-0.1, -0.05) is 24.6 Å². The van der Waals surface area contributed by atoms with Crippen molar-refractivity contribution in [2.24, 2.45) is 0 Å². The third-order valence-electron chi connectivity index (χ3n) is 3.28. The molecule has 134 valence electrons. The number of sulfonamides is 1. The molecule has 25 heavy (non-hydrogen) atoms. The fourth-order valence-corrected chi connectivity index (χ4v) is 3.49. The van der Waals surface area contributed by atoms with Crippen molar-refractivity contribution in [3.63, 3.8) is 0 Å². The smallest absolute Gasteiger partial charge is 0.255 e. The van der Waals surface area contributed by atoms with Crippen LogP contribution >= 0.6 is 11.6 Å². The average Bonchev–Trinajstić information content (AvgIpc) is 2.54. The molecule has 2 aromatic rings. The number of hydrogen-bond acceptors (Lipinski definition) is 4. The summed E-state index contributed by atoms with van der Waals surface area (Å²) in [5.41, 5.74) is 1.06. The van der Waals surface area contributed by atoms with Gasteiger partial charge in [-0.05, 0) is 42.8 Å². The summed E-state index contributed by atoms with van der Waals surface area (Å²) in [5, 5.41) is 3.16. The van der Waals surface area contributed by atoms with Crippen molar-refractivity contribution in [3.8, 4) is 5.75 Å². The van der Waals surface area contributed by atoms with E-state index in [0.29, 0.717) is 34.1 Å². The summed E-state index contributed by atoms with van der Waals surface area (Å²) in [6.45, 7) is 1.78. The molecule has 6 nitrogen and oxygen atoms in total. The summed E-state index contributed by atoms with van der Waals surface area (Å²) < 4.78 is 31.3. The molecule has 0 aliphatic carbocycles. The van der Waals surface area contributed by atoms with Crippen molar-refractivity contribution in [3.05, 3.63) is 53.1 Å². The van der Waals surface area contributed by atoms with Crippen LogP contribution in [0.25, 0.3) is 0 Å². The number of ether oxygens (including phenoxy) is 1. The molecule has 2 N–H and O–H groups in total. The minimum Gasteiger partial charge on any atom is -0.495 e. The average molecular weight is 383 g/mol. The molecule has 0 bridgehead atoms. The van der Waals surface area contributed by atoms with E-state index in [9.17, 15) is 13.2 Å². The number of methoxy groups -OCH3 is 1. The van der Waals surface area contributed by atoms with E-state index < -0.39 is 15.9 Å². The number of carbonyl (C=O) groups is 1. The number of hydrogen-bond donors (Lipinski definition) is 2. The summed E-state index contributed by atoms with van der Waals surface area (Å²) >= 11 is 5.95. The lowest BCUT2D eigenvalue weighted by molar-refractivity contribution is 0.102. The van der Waals surface area contributed by atoms with Gasteiger partial charge in [-0.3, -0.25) is 9.52 Å². The second-order valence-electron chi connectivity index (χ2n) is 5.30. The Kier molecular flexibility index (Phi) is 6.27. The van der Waals surface area contributed by atoms with Crippen LogP contribution in [0.5, 0.6) is 5.75 Å². The van der Waals surface area contributed by atoms with Crippen LogP contribution in [0.1, 0.15) is 23.7 Å². The Morgan fingerprint density at radius 1 is 1.20 bits per heavy atom. The highest BCUT2D eigenvalue weighted by Crippen LogP contribution is 2.28. The van der Waals surface area contributed by atoms with Crippen molar-refractivity contribution < 1.29 is 17.9 Å². The summed E-state index contributed by atoms with van der Waals surface area (Å²) in [6, 6.07) is 11.1. The van der Waals surface area contributed by atoms with Gasteiger partial charge in [0, 0.05) is 16.3 Å². The highest BCUT2D eigenvalue weighted by Gasteiger charge is 2.13. The third kappa shape index (κ3) is 5.37. The predicted molar refractivity (Wildman–Crippen MR) is 100 cm³/mol. The lowest BCUT2D eigenvalue weighted by Crippen LogP contribution is -2.17. The monoisotopic (exact) mass is 382 g/mol. The van der Waals surface area contributed by atoms with Crippen LogP contribution in [-0.2, 0) is 10.0 Å². The number of nitrogens with one attached hydrogen (secondary N) is 2. The minimum absolute atomic E-state index is 0.0170. The molecule has 2 rings (SSSR count). The summed E-state index contributed by atoms with van der Waals surface area (Å²) in [5.74, 6) is 0.0815. The van der Waals surface area contributed by atoms with Crippen LogP contribution in [0.4, 0.5) is 11.4 Å². The standard InChI is InChI=1S/C17H19ClN2O4S/c1-3-9-25(22,23)20-14-6-4-5-12(10-14)17(21)19-15-11-13(18)7-8-16(15)24-2/h4-8,10-11,20H,3,9H2,1-2H3,(H,19,21). The Hall–Kier alpha value is -2.25. The zero-order valence-corrected chi connectivity index (χ0v) is 15.4. The van der Waals surface area contributed by atoms with Gasteiger partial charge in [0.15, 0.2) is 0 Å². The topological polar surface area (TPSA) is 84.5 Å². The van der Waals surface area contributed by atoms with E-state index >= 15 is 0 Å². The van der Waals surface area contributed by atoms with Crippen LogP contribution in [-0.4, -0.2) is 27.2 Å². The number of amides is 1. The zero-order valence-electron chi connectivity index (χ0n) is 13.9. The molecule has 0 aliphatic heterocycles. The molecule has 8 heteroatoms. The van der Waals surface area contributed by atoms with Gasteiger partial charge in [-0.25, -0.2) is 8.42 Å². The maximum atomic E-state index is 12.5. The lowest BCUT2D eigenvalue weighted by atomic mass is 10.2. The molecule has 0 saturated carbocycles. The first kappa shape index (κ1) is 19.1. The molecule has 0 fully saturated rings. The number of rotatable bonds is 7. The zero-order chi connectivity index (χ0) is 18.4. The maximum absolute atomic E-state index is 12.5. The quantitative estimate of drug-likeness (QED) is 0.763. The number of halogens is 1. The molecule has 1 amide bonds. The Labute approximate surface area is 152 Å². The molecule has 0 saturated heterocycles. The Morgan fingerprint density at radius 3 is 2.64 bits per heavy atom. The van der Waals surface area contributed by atoms with Gasteiger partial charge < -0.3 is 10.1 Å². The van der Waals surface area contributed by atoms with Gasteiger partial charge in [0.2, 0.25) is 10.0 Å². The molecule has 0 aliphatic rings. The highest BCUT2D eigenvalue weighted by atomic mass is 35.5. The molecule has 0 atom stereocenters. The Balaban J connectivity index is 2.21. The fourth-order valence-electron chi connectivity index (χ4n) is 2.20. The van der Waals surface area contributed by atoms with Gasteiger partial charge >= 0.3 is 0 Å². The van der Waals surface area contributed by atoms with Gasteiger partial charge in [-0.2, -0.15) is 0 Å². The number of benzene rings is 2. The van der Waals surface area contributed by atoms with Crippen molar-refractivity contribution >= 4 is 38.9 Å². The minimum atomic E-state index is -3.42. The molecular formula is C17H19ClN2O4S. The SMILES string of the molecule is CCCS(=O)(=O)Nc1cccc(C(=O)Nc2cc(Cl)ccc2OC)c1. The van der Waals surface area contributed by atoms with Crippen LogP contribution in [0.2, 0.25) is 5.02 Å². The second-order valence-corrected chi connectivity index (χ2v) is 7.58. The van der Waals surface area contributed by atoms with Gasteiger partial charge in [0.1, 0.15) is 5.75 Å². The second kappa shape index (κ2) is 8.22. The van der Waals surface area contributed by atoms with Crippen LogP contribution < -0.4 is 14.8 Å². The Bertz CT molecular complexity index is 869. The predicted octanol–water partition coefficient (Wildman–Crippen LogP) is 3.75. The van der Waals surface area contributed by atoms with E-state index in [-0.39, 0.29) is 5.75 Å². The first-order chi connectivity index (χ1) is 11.8. The first-order valence-electron chi connectivity index (χ1n) is 7.60.